The van der Waals surface area contributed by atoms with Gasteiger partial charge in [-0.3, -0.25) is 9.69 Å². The van der Waals surface area contributed by atoms with Crippen LogP contribution in [0.15, 0.2) is 29.2 Å². The molecule has 0 aliphatic carbocycles. The van der Waals surface area contributed by atoms with E-state index in [2.05, 4.69) is 5.32 Å². The summed E-state index contributed by atoms with van der Waals surface area (Å²) in [6.07, 6.45) is -8.86. The molecule has 160 valence electrons. The number of nitrogens with zero attached hydrogens (tertiary/aromatic N) is 1. The van der Waals surface area contributed by atoms with Crippen LogP contribution in [0, 0.1) is 0 Å². The zero-order valence-electron chi connectivity index (χ0n) is 14.7. The van der Waals surface area contributed by atoms with E-state index in [1.54, 1.807) is 0 Å². The molecule has 2 N–H and O–H groups in total. The van der Waals surface area contributed by atoms with Gasteiger partial charge >= 0.3 is 12.4 Å². The average molecular weight is 435 g/mol. The van der Waals surface area contributed by atoms with Crippen molar-refractivity contribution in [1.29, 1.82) is 0 Å². The van der Waals surface area contributed by atoms with Crippen LogP contribution in [0.25, 0.3) is 0 Å². The Morgan fingerprint density at radius 1 is 1.14 bits per heavy atom. The number of hydrogen-bond donors (Lipinski definition) is 2. The van der Waals surface area contributed by atoms with Gasteiger partial charge in [0.2, 0.25) is 15.9 Å². The van der Waals surface area contributed by atoms with E-state index >= 15 is 0 Å². The van der Waals surface area contributed by atoms with Crippen molar-refractivity contribution in [3.05, 3.63) is 29.8 Å². The summed E-state index contributed by atoms with van der Waals surface area (Å²) in [6, 6.07) is 3.03. The molecule has 0 aliphatic rings. The number of alkyl halides is 6. The van der Waals surface area contributed by atoms with E-state index in [9.17, 15) is 39.6 Å². The third-order valence-electron chi connectivity index (χ3n) is 3.38. The van der Waals surface area contributed by atoms with E-state index in [1.165, 1.54) is 7.05 Å². The topological polar surface area (TPSA) is 78.5 Å². The van der Waals surface area contributed by atoms with Crippen molar-refractivity contribution >= 4 is 15.9 Å². The first-order valence-corrected chi connectivity index (χ1v) is 9.38. The van der Waals surface area contributed by atoms with Gasteiger partial charge in [-0.25, -0.2) is 13.1 Å². The van der Waals surface area contributed by atoms with E-state index in [0.717, 1.165) is 17.0 Å². The molecule has 0 atom stereocenters. The molecule has 0 bridgehead atoms. The molecule has 28 heavy (non-hydrogen) atoms. The maximum atomic E-state index is 12.6. The predicted molar refractivity (Wildman–Crippen MR) is 87.8 cm³/mol. The normalized spacial score (nSPS) is 13.0. The number of carbonyl (C=O) groups excluding carboxylic acids is 1. The minimum atomic E-state index is -4.72. The Kier molecular flexibility index (Phi) is 8.26. The van der Waals surface area contributed by atoms with Gasteiger partial charge in [0, 0.05) is 6.54 Å². The Morgan fingerprint density at radius 2 is 1.79 bits per heavy atom. The summed E-state index contributed by atoms with van der Waals surface area (Å²) in [7, 11) is -3.08. The molecule has 1 aromatic rings. The van der Waals surface area contributed by atoms with Crippen molar-refractivity contribution in [3.8, 4) is 0 Å². The Labute approximate surface area is 157 Å². The Bertz CT molecular complexity index is 765. The van der Waals surface area contributed by atoms with Crippen molar-refractivity contribution in [3.63, 3.8) is 0 Å². The highest BCUT2D eigenvalue weighted by Crippen LogP contribution is 2.30. The smallest absolute Gasteiger partial charge is 0.355 e. The second-order valence-corrected chi connectivity index (χ2v) is 7.67. The zero-order valence-corrected chi connectivity index (χ0v) is 15.5. The third-order valence-corrected chi connectivity index (χ3v) is 4.78. The van der Waals surface area contributed by atoms with Crippen molar-refractivity contribution in [2.24, 2.45) is 0 Å². The molecule has 13 heteroatoms. The summed E-state index contributed by atoms with van der Waals surface area (Å²) in [4.78, 5) is 12.0. The molecule has 1 amide bonds. The largest absolute Gasteiger partial charge is 0.416 e. The quantitative estimate of drug-likeness (QED) is 0.460. The van der Waals surface area contributed by atoms with E-state index in [-0.39, 0.29) is 19.5 Å². The van der Waals surface area contributed by atoms with E-state index in [4.69, 9.17) is 0 Å². The first-order valence-electron chi connectivity index (χ1n) is 7.89. The van der Waals surface area contributed by atoms with Gasteiger partial charge in [-0.2, -0.15) is 26.3 Å². The highest BCUT2D eigenvalue weighted by Gasteiger charge is 2.31. The summed E-state index contributed by atoms with van der Waals surface area (Å²) < 4.78 is 100. The van der Waals surface area contributed by atoms with Crippen LogP contribution in [0.2, 0.25) is 0 Å². The number of sulfonamides is 1. The molecular weight excluding hydrogens is 416 g/mol. The van der Waals surface area contributed by atoms with Gasteiger partial charge in [0.25, 0.3) is 0 Å². The minimum Gasteiger partial charge on any atom is -0.355 e. The molecule has 1 rings (SSSR count). The highest BCUT2D eigenvalue weighted by atomic mass is 32.2. The van der Waals surface area contributed by atoms with Crippen molar-refractivity contribution < 1.29 is 39.6 Å². The number of carbonyl (C=O) groups is 1. The van der Waals surface area contributed by atoms with Gasteiger partial charge in [0.15, 0.2) is 0 Å². The first kappa shape index (κ1) is 24.2. The van der Waals surface area contributed by atoms with Crippen molar-refractivity contribution in [2.75, 3.05) is 33.2 Å². The zero-order chi connectivity index (χ0) is 21.6. The summed E-state index contributed by atoms with van der Waals surface area (Å²) >= 11 is 0. The van der Waals surface area contributed by atoms with E-state index in [1.807, 2.05) is 4.72 Å². The molecule has 0 heterocycles. The van der Waals surface area contributed by atoms with Gasteiger partial charge in [-0.1, -0.05) is 6.07 Å². The number of halogens is 6. The van der Waals surface area contributed by atoms with Crippen LogP contribution in [0.3, 0.4) is 0 Å². The van der Waals surface area contributed by atoms with Crippen LogP contribution < -0.4 is 10.0 Å². The van der Waals surface area contributed by atoms with E-state index in [0.29, 0.717) is 12.1 Å². The minimum absolute atomic E-state index is 0.00627. The maximum absolute atomic E-state index is 12.6. The van der Waals surface area contributed by atoms with Crippen LogP contribution in [0.1, 0.15) is 12.0 Å². The van der Waals surface area contributed by atoms with Crippen molar-refractivity contribution in [2.45, 2.75) is 23.7 Å². The molecule has 1 aromatic carbocycles. The Hall–Kier alpha value is -1.86. The number of hydrogen-bond acceptors (Lipinski definition) is 4. The predicted octanol–water partition coefficient (Wildman–Crippen LogP) is 1.98. The maximum Gasteiger partial charge on any atom is 0.416 e. The number of benzene rings is 1. The van der Waals surface area contributed by atoms with Gasteiger partial charge in [0.05, 0.1) is 23.5 Å². The lowest BCUT2D eigenvalue weighted by Gasteiger charge is -2.18. The highest BCUT2D eigenvalue weighted by molar-refractivity contribution is 7.89. The lowest BCUT2D eigenvalue weighted by Crippen LogP contribution is -2.38. The SMILES string of the molecule is CN(CCCNC(=O)CNS(=O)(=O)c1cccc(C(F)(F)F)c1)CC(F)(F)F. The number of amides is 1. The van der Waals surface area contributed by atoms with Gasteiger partial charge in [0.1, 0.15) is 0 Å². The number of nitrogens with one attached hydrogen (secondary N) is 2. The third kappa shape index (κ3) is 8.89. The first-order chi connectivity index (χ1) is 12.7. The standard InChI is InChI=1S/C15H19F6N3O3S/c1-24(10-14(16,17)18)7-3-6-22-13(25)9-23-28(26,27)12-5-2-4-11(8-12)15(19,20)21/h2,4-5,8,23H,3,6-7,9-10H2,1H3,(H,22,25). The van der Waals surface area contributed by atoms with Gasteiger partial charge in [-0.15, -0.1) is 0 Å². The fourth-order valence-electron chi connectivity index (χ4n) is 2.11. The molecule has 0 aliphatic heterocycles. The average Bonchev–Trinajstić information content (AvgIpc) is 2.55. The second-order valence-electron chi connectivity index (χ2n) is 5.91. The molecule has 0 unspecified atom stereocenters. The molecule has 0 spiro atoms. The van der Waals surface area contributed by atoms with Crippen LogP contribution in [0.4, 0.5) is 26.3 Å². The van der Waals surface area contributed by atoms with Crippen LogP contribution >= 0.6 is 0 Å². The molecule has 0 saturated heterocycles. The van der Waals surface area contributed by atoms with Crippen molar-refractivity contribution in [1.82, 2.24) is 14.9 Å². The van der Waals surface area contributed by atoms with Crippen LogP contribution in [-0.2, 0) is 21.0 Å². The fraction of sp³-hybridized carbons (Fsp3) is 0.533. The summed E-state index contributed by atoms with van der Waals surface area (Å²) in [5.74, 6) is -0.769. The summed E-state index contributed by atoms with van der Waals surface area (Å²) in [6.45, 7) is -1.77. The monoisotopic (exact) mass is 435 g/mol. The Balaban J connectivity index is 2.46. The van der Waals surface area contributed by atoms with E-state index < -0.39 is 51.8 Å². The lowest BCUT2D eigenvalue weighted by molar-refractivity contribution is -0.143. The van der Waals surface area contributed by atoms with Gasteiger partial charge < -0.3 is 5.32 Å². The second kappa shape index (κ2) is 9.56. The van der Waals surface area contributed by atoms with Gasteiger partial charge in [-0.05, 0) is 38.2 Å². The molecule has 0 saturated carbocycles. The molecule has 0 fully saturated rings. The summed E-state index contributed by atoms with van der Waals surface area (Å²) in [5.41, 5.74) is -1.15. The lowest BCUT2D eigenvalue weighted by atomic mass is 10.2. The fourth-order valence-corrected chi connectivity index (χ4v) is 3.14. The molecule has 0 aromatic heterocycles. The molecular formula is C15H19F6N3O3S. The molecule has 6 nitrogen and oxygen atoms in total. The van der Waals surface area contributed by atoms with Crippen LogP contribution in [0.5, 0.6) is 0 Å². The Morgan fingerprint density at radius 3 is 2.36 bits per heavy atom. The number of rotatable bonds is 9. The van der Waals surface area contributed by atoms with Crippen LogP contribution in [-0.4, -0.2) is 58.6 Å². The molecule has 0 radical (unpaired) electrons. The summed E-state index contributed by atoms with van der Waals surface area (Å²) in [5, 5.41) is 2.31.